The second kappa shape index (κ2) is 6.09. The van der Waals surface area contributed by atoms with E-state index in [1.807, 2.05) is 0 Å². The minimum Gasteiger partial charge on any atom is -0.496 e. The zero-order valence-corrected chi connectivity index (χ0v) is 12.4. The van der Waals surface area contributed by atoms with Crippen molar-refractivity contribution in [2.75, 3.05) is 27.4 Å². The van der Waals surface area contributed by atoms with Crippen LogP contribution in [0.5, 0.6) is 5.75 Å². The number of benzene rings is 1. The Kier molecular flexibility index (Phi) is 4.64. The van der Waals surface area contributed by atoms with E-state index in [0.29, 0.717) is 30.9 Å². The topological polar surface area (TPSA) is 76.1 Å². The summed E-state index contributed by atoms with van der Waals surface area (Å²) in [5.74, 6) is 0.471. The van der Waals surface area contributed by atoms with E-state index < -0.39 is 10.0 Å². The molecule has 1 fully saturated rings. The lowest BCUT2D eigenvalue weighted by Gasteiger charge is -2.23. The maximum Gasteiger partial charge on any atom is 0.243 e. The Hall–Kier alpha value is -1.15. The van der Waals surface area contributed by atoms with Crippen LogP contribution in [0.25, 0.3) is 0 Å². The van der Waals surface area contributed by atoms with Gasteiger partial charge in [-0.3, -0.25) is 0 Å². The first kappa shape index (κ1) is 15.2. The first-order chi connectivity index (χ1) is 9.50. The SMILES string of the molecule is COc1ccc(S(=O)(=O)N(C)C2CCOC2)cc1CO. The van der Waals surface area contributed by atoms with Crippen molar-refractivity contribution in [3.8, 4) is 5.75 Å². The zero-order chi connectivity index (χ0) is 14.8. The molecule has 0 radical (unpaired) electrons. The molecule has 1 N–H and O–H groups in total. The molecule has 1 aliphatic rings. The molecule has 0 saturated carbocycles. The Bertz CT molecular complexity index is 566. The van der Waals surface area contributed by atoms with E-state index >= 15 is 0 Å². The molecule has 1 aromatic carbocycles. The normalized spacial score (nSPS) is 19.5. The summed E-state index contributed by atoms with van der Waals surface area (Å²) in [6.45, 7) is 0.719. The van der Waals surface area contributed by atoms with Crippen LogP contribution in [0, 0.1) is 0 Å². The summed E-state index contributed by atoms with van der Waals surface area (Å²) in [5.41, 5.74) is 0.449. The van der Waals surface area contributed by atoms with Gasteiger partial charge < -0.3 is 14.6 Å². The van der Waals surface area contributed by atoms with Gasteiger partial charge >= 0.3 is 0 Å². The maximum absolute atomic E-state index is 12.5. The summed E-state index contributed by atoms with van der Waals surface area (Å²) >= 11 is 0. The van der Waals surface area contributed by atoms with E-state index in [9.17, 15) is 13.5 Å². The molecule has 6 nitrogen and oxygen atoms in total. The predicted molar refractivity (Wildman–Crippen MR) is 73.1 cm³/mol. The third kappa shape index (κ3) is 2.80. The molecule has 7 heteroatoms. The van der Waals surface area contributed by atoms with Gasteiger partial charge in [0.25, 0.3) is 0 Å². The van der Waals surface area contributed by atoms with Gasteiger partial charge in [-0.2, -0.15) is 4.31 Å². The Balaban J connectivity index is 2.33. The van der Waals surface area contributed by atoms with Crippen LogP contribution in [0.2, 0.25) is 0 Å². The van der Waals surface area contributed by atoms with Gasteiger partial charge in [0.2, 0.25) is 10.0 Å². The van der Waals surface area contributed by atoms with Crippen molar-refractivity contribution in [2.24, 2.45) is 0 Å². The number of aliphatic hydroxyl groups is 1. The van der Waals surface area contributed by atoms with Crippen LogP contribution >= 0.6 is 0 Å². The molecule has 1 saturated heterocycles. The molecule has 0 aliphatic carbocycles. The Morgan fingerprint density at radius 2 is 2.25 bits per heavy atom. The second-order valence-electron chi connectivity index (χ2n) is 4.67. The molecule has 0 amide bonds. The minimum atomic E-state index is -3.59. The van der Waals surface area contributed by atoms with Gasteiger partial charge in [-0.15, -0.1) is 0 Å². The maximum atomic E-state index is 12.5. The molecule has 20 heavy (non-hydrogen) atoms. The average molecular weight is 301 g/mol. The standard InChI is InChI=1S/C13H19NO5S/c1-14(11-5-6-19-9-11)20(16,17)12-3-4-13(18-2)10(7-12)8-15/h3-4,7,11,15H,5-6,8-9H2,1-2H3. The Morgan fingerprint density at radius 1 is 1.50 bits per heavy atom. The number of rotatable bonds is 5. The van der Waals surface area contributed by atoms with E-state index in [2.05, 4.69) is 0 Å². The van der Waals surface area contributed by atoms with Crippen LogP contribution < -0.4 is 4.74 Å². The van der Waals surface area contributed by atoms with Gasteiger partial charge in [-0.05, 0) is 24.6 Å². The molecule has 1 unspecified atom stereocenters. The molecule has 0 aromatic heterocycles. The molecule has 1 aromatic rings. The number of sulfonamides is 1. The highest BCUT2D eigenvalue weighted by atomic mass is 32.2. The summed E-state index contributed by atoms with van der Waals surface area (Å²) in [6.07, 6.45) is 0.693. The first-order valence-corrected chi connectivity index (χ1v) is 7.78. The molecule has 1 atom stereocenters. The zero-order valence-electron chi connectivity index (χ0n) is 11.6. The third-order valence-electron chi connectivity index (χ3n) is 3.52. The lowest BCUT2D eigenvalue weighted by Crippen LogP contribution is -2.37. The lowest BCUT2D eigenvalue weighted by atomic mass is 10.2. The summed E-state index contributed by atoms with van der Waals surface area (Å²) in [4.78, 5) is 0.150. The monoisotopic (exact) mass is 301 g/mol. The molecular formula is C13H19NO5S. The summed E-state index contributed by atoms with van der Waals surface area (Å²) in [7, 11) is -0.563. The van der Waals surface area contributed by atoms with Crippen LogP contribution in [0.3, 0.4) is 0 Å². The fourth-order valence-electron chi connectivity index (χ4n) is 2.21. The fraction of sp³-hybridized carbons (Fsp3) is 0.538. The van der Waals surface area contributed by atoms with Crippen LogP contribution in [-0.4, -0.2) is 51.2 Å². The number of hydrogen-bond donors (Lipinski definition) is 1. The largest absolute Gasteiger partial charge is 0.496 e. The van der Waals surface area contributed by atoms with Crippen molar-refractivity contribution in [1.29, 1.82) is 0 Å². The first-order valence-electron chi connectivity index (χ1n) is 6.34. The summed E-state index contributed by atoms with van der Waals surface area (Å²) in [6, 6.07) is 4.34. The summed E-state index contributed by atoms with van der Waals surface area (Å²) in [5, 5.41) is 9.28. The molecule has 1 heterocycles. The van der Waals surface area contributed by atoms with Crippen LogP contribution in [0.1, 0.15) is 12.0 Å². The van der Waals surface area contributed by atoms with Gasteiger partial charge in [0.05, 0.1) is 31.3 Å². The second-order valence-corrected chi connectivity index (χ2v) is 6.67. The Morgan fingerprint density at radius 3 is 2.80 bits per heavy atom. The van der Waals surface area contributed by atoms with Gasteiger partial charge in [-0.25, -0.2) is 8.42 Å². The molecule has 0 bridgehead atoms. The van der Waals surface area contributed by atoms with Crippen molar-refractivity contribution in [3.63, 3.8) is 0 Å². The average Bonchev–Trinajstić information content (AvgIpc) is 2.99. The highest BCUT2D eigenvalue weighted by Gasteiger charge is 2.31. The number of nitrogens with zero attached hydrogens (tertiary/aromatic N) is 1. The van der Waals surface area contributed by atoms with Gasteiger partial charge in [0, 0.05) is 19.2 Å². The number of methoxy groups -OCH3 is 1. The van der Waals surface area contributed by atoms with Crippen molar-refractivity contribution < 1.29 is 23.0 Å². The lowest BCUT2D eigenvalue weighted by molar-refractivity contribution is 0.181. The van der Waals surface area contributed by atoms with E-state index in [1.165, 1.54) is 23.5 Å². The van der Waals surface area contributed by atoms with E-state index in [1.54, 1.807) is 13.1 Å². The number of likely N-dealkylation sites (N-methyl/N-ethyl adjacent to an activating group) is 1. The highest BCUT2D eigenvalue weighted by Crippen LogP contribution is 2.26. The van der Waals surface area contributed by atoms with Gasteiger partial charge in [0.15, 0.2) is 0 Å². The Labute approximate surface area is 119 Å². The van der Waals surface area contributed by atoms with E-state index in [0.717, 1.165) is 0 Å². The number of aliphatic hydroxyl groups excluding tert-OH is 1. The fourth-order valence-corrected chi connectivity index (χ4v) is 3.63. The highest BCUT2D eigenvalue weighted by molar-refractivity contribution is 7.89. The predicted octanol–water partition coefficient (Wildman–Crippen LogP) is 0.597. The summed E-state index contributed by atoms with van der Waals surface area (Å²) < 4.78 is 36.7. The molecule has 1 aliphatic heterocycles. The minimum absolute atomic E-state index is 0.139. The van der Waals surface area contributed by atoms with Crippen LogP contribution in [0.4, 0.5) is 0 Å². The third-order valence-corrected chi connectivity index (χ3v) is 5.43. The van der Waals surface area contributed by atoms with Crippen molar-refractivity contribution in [2.45, 2.75) is 24.0 Å². The molecule has 0 spiro atoms. The van der Waals surface area contributed by atoms with Crippen molar-refractivity contribution in [3.05, 3.63) is 23.8 Å². The number of ether oxygens (including phenoxy) is 2. The number of hydrogen-bond acceptors (Lipinski definition) is 5. The molecule has 2 rings (SSSR count). The smallest absolute Gasteiger partial charge is 0.243 e. The van der Waals surface area contributed by atoms with E-state index in [4.69, 9.17) is 9.47 Å². The van der Waals surface area contributed by atoms with Crippen LogP contribution in [-0.2, 0) is 21.4 Å². The molecule has 112 valence electrons. The van der Waals surface area contributed by atoms with Gasteiger partial charge in [-0.1, -0.05) is 0 Å². The van der Waals surface area contributed by atoms with Crippen molar-refractivity contribution in [1.82, 2.24) is 4.31 Å². The molecular weight excluding hydrogens is 282 g/mol. The van der Waals surface area contributed by atoms with Gasteiger partial charge in [0.1, 0.15) is 5.75 Å². The van der Waals surface area contributed by atoms with Crippen molar-refractivity contribution >= 4 is 10.0 Å². The van der Waals surface area contributed by atoms with E-state index in [-0.39, 0.29) is 17.5 Å². The quantitative estimate of drug-likeness (QED) is 0.862. The van der Waals surface area contributed by atoms with Crippen LogP contribution in [0.15, 0.2) is 23.1 Å².